The van der Waals surface area contributed by atoms with Crippen molar-refractivity contribution in [3.05, 3.63) is 12.7 Å². The van der Waals surface area contributed by atoms with Gasteiger partial charge in [-0.1, -0.05) is 6.08 Å². The van der Waals surface area contributed by atoms with Crippen LogP contribution >= 0.6 is 0 Å². The molecular formula is C11H17NO4. The van der Waals surface area contributed by atoms with Gasteiger partial charge in [-0.3, -0.25) is 0 Å². The number of hydrogen-bond donors (Lipinski definition) is 2. The van der Waals surface area contributed by atoms with Crippen LogP contribution in [0.5, 0.6) is 0 Å². The van der Waals surface area contributed by atoms with Crippen LogP contribution in [-0.4, -0.2) is 28.3 Å². The van der Waals surface area contributed by atoms with Crippen molar-refractivity contribution < 1.29 is 19.4 Å². The Morgan fingerprint density at radius 1 is 1.56 bits per heavy atom. The van der Waals surface area contributed by atoms with Gasteiger partial charge < -0.3 is 15.2 Å². The number of carboxylic acid groups (broad SMARTS) is 1. The van der Waals surface area contributed by atoms with Crippen LogP contribution in [0, 0.1) is 5.92 Å². The number of amides is 1. The van der Waals surface area contributed by atoms with Crippen LogP contribution in [0.1, 0.15) is 27.2 Å². The van der Waals surface area contributed by atoms with Gasteiger partial charge in [-0.25, -0.2) is 9.59 Å². The molecule has 2 N–H and O–H groups in total. The average molecular weight is 227 g/mol. The van der Waals surface area contributed by atoms with Crippen molar-refractivity contribution in [1.29, 1.82) is 0 Å². The number of carboxylic acids is 1. The van der Waals surface area contributed by atoms with Crippen molar-refractivity contribution >= 4 is 12.1 Å². The zero-order chi connectivity index (χ0) is 12.6. The zero-order valence-corrected chi connectivity index (χ0v) is 9.74. The highest BCUT2D eigenvalue weighted by atomic mass is 16.6. The highest BCUT2D eigenvalue weighted by Crippen LogP contribution is 2.44. The maximum atomic E-state index is 11.4. The van der Waals surface area contributed by atoms with Crippen LogP contribution < -0.4 is 5.32 Å². The van der Waals surface area contributed by atoms with Gasteiger partial charge in [-0.2, -0.15) is 0 Å². The Bertz CT molecular complexity index is 331. The number of hydrogen-bond acceptors (Lipinski definition) is 3. The smallest absolute Gasteiger partial charge is 0.408 e. The summed E-state index contributed by atoms with van der Waals surface area (Å²) in [6, 6.07) is 0. The first-order valence-corrected chi connectivity index (χ1v) is 5.08. The predicted octanol–water partition coefficient (Wildman–Crippen LogP) is 1.54. The van der Waals surface area contributed by atoms with Crippen molar-refractivity contribution in [2.75, 3.05) is 0 Å². The Balaban J connectivity index is 2.63. The fourth-order valence-corrected chi connectivity index (χ4v) is 1.50. The monoisotopic (exact) mass is 227 g/mol. The lowest BCUT2D eigenvalue weighted by molar-refractivity contribution is -0.141. The van der Waals surface area contributed by atoms with Crippen molar-refractivity contribution in [2.24, 2.45) is 5.92 Å². The molecule has 0 bridgehead atoms. The lowest BCUT2D eigenvalue weighted by Gasteiger charge is -2.22. The van der Waals surface area contributed by atoms with Gasteiger partial charge in [0.15, 0.2) is 0 Å². The van der Waals surface area contributed by atoms with E-state index >= 15 is 0 Å². The number of nitrogens with one attached hydrogen (secondary N) is 1. The lowest BCUT2D eigenvalue weighted by atomic mass is 10.2. The standard InChI is InChI=1S/C11H17NO4/c1-5-7-6-11(7,8(13)14)12-9(15)16-10(2,3)4/h5,7H,1,6H2,2-4H3,(H,12,15)(H,13,14)/t7-,11?/m1/s1. The van der Waals surface area contributed by atoms with E-state index in [2.05, 4.69) is 11.9 Å². The molecule has 5 heteroatoms. The first kappa shape index (κ1) is 12.5. The molecule has 0 heterocycles. The lowest BCUT2D eigenvalue weighted by Crippen LogP contribution is -2.46. The Hall–Kier alpha value is -1.52. The summed E-state index contributed by atoms with van der Waals surface area (Å²) in [7, 11) is 0. The summed E-state index contributed by atoms with van der Waals surface area (Å²) in [5, 5.41) is 11.4. The molecule has 1 fully saturated rings. The third kappa shape index (κ3) is 2.53. The van der Waals surface area contributed by atoms with Gasteiger partial charge in [0.05, 0.1) is 0 Å². The molecule has 2 atom stereocenters. The van der Waals surface area contributed by atoms with E-state index in [4.69, 9.17) is 9.84 Å². The normalized spacial score (nSPS) is 28.1. The van der Waals surface area contributed by atoms with Crippen molar-refractivity contribution in [3.8, 4) is 0 Å². The van der Waals surface area contributed by atoms with Gasteiger partial charge in [-0.15, -0.1) is 6.58 Å². The molecule has 16 heavy (non-hydrogen) atoms. The zero-order valence-electron chi connectivity index (χ0n) is 9.74. The molecular weight excluding hydrogens is 210 g/mol. The van der Waals surface area contributed by atoms with Gasteiger partial charge in [0.25, 0.3) is 0 Å². The van der Waals surface area contributed by atoms with Crippen LogP contribution in [0.2, 0.25) is 0 Å². The van der Waals surface area contributed by atoms with Crippen LogP contribution in [0.4, 0.5) is 4.79 Å². The summed E-state index contributed by atoms with van der Waals surface area (Å²) in [5.74, 6) is -1.28. The molecule has 0 spiro atoms. The molecule has 0 aromatic heterocycles. The van der Waals surface area contributed by atoms with Crippen LogP contribution in [0.25, 0.3) is 0 Å². The number of ether oxygens (including phenoxy) is 1. The van der Waals surface area contributed by atoms with E-state index in [9.17, 15) is 9.59 Å². The molecule has 1 unspecified atom stereocenters. The first-order valence-electron chi connectivity index (χ1n) is 5.08. The quantitative estimate of drug-likeness (QED) is 0.717. The van der Waals surface area contributed by atoms with E-state index in [1.807, 2.05) is 0 Å². The number of carbonyl (C=O) groups excluding carboxylic acids is 1. The van der Waals surface area contributed by atoms with Crippen LogP contribution in [0.15, 0.2) is 12.7 Å². The maximum absolute atomic E-state index is 11.4. The van der Waals surface area contributed by atoms with E-state index in [1.165, 1.54) is 6.08 Å². The largest absolute Gasteiger partial charge is 0.479 e. The van der Waals surface area contributed by atoms with Gasteiger partial charge >= 0.3 is 12.1 Å². The second-order valence-electron chi connectivity index (χ2n) is 4.95. The summed E-state index contributed by atoms with van der Waals surface area (Å²) in [5.41, 5.74) is -1.85. The SMILES string of the molecule is C=C[C@@H]1CC1(NC(=O)OC(C)(C)C)C(=O)O. The number of aliphatic carboxylic acids is 1. The summed E-state index contributed by atoms with van der Waals surface area (Å²) in [4.78, 5) is 22.5. The summed E-state index contributed by atoms with van der Waals surface area (Å²) >= 11 is 0. The molecule has 0 saturated heterocycles. The molecule has 1 aliphatic rings. The van der Waals surface area contributed by atoms with E-state index in [0.717, 1.165) is 0 Å². The Morgan fingerprint density at radius 3 is 2.44 bits per heavy atom. The van der Waals surface area contributed by atoms with E-state index in [0.29, 0.717) is 6.42 Å². The molecule has 1 rings (SSSR count). The molecule has 0 radical (unpaired) electrons. The minimum Gasteiger partial charge on any atom is -0.479 e. The van der Waals surface area contributed by atoms with Gasteiger partial charge in [0.1, 0.15) is 11.1 Å². The summed E-state index contributed by atoms with van der Waals surface area (Å²) < 4.78 is 5.01. The molecule has 0 aromatic rings. The molecule has 1 aliphatic carbocycles. The number of alkyl carbamates (subject to hydrolysis) is 1. The van der Waals surface area contributed by atoms with Crippen LogP contribution in [0.3, 0.4) is 0 Å². The molecule has 0 aromatic carbocycles. The third-order valence-electron chi connectivity index (χ3n) is 2.40. The first-order chi connectivity index (χ1) is 7.21. The average Bonchev–Trinajstić information content (AvgIpc) is 2.76. The van der Waals surface area contributed by atoms with Crippen molar-refractivity contribution in [2.45, 2.75) is 38.3 Å². The predicted molar refractivity (Wildman–Crippen MR) is 58.0 cm³/mol. The fraction of sp³-hybridized carbons (Fsp3) is 0.636. The second kappa shape index (κ2) is 3.81. The van der Waals surface area contributed by atoms with E-state index in [-0.39, 0.29) is 5.92 Å². The minimum absolute atomic E-state index is 0.225. The number of carbonyl (C=O) groups is 2. The van der Waals surface area contributed by atoms with Crippen LogP contribution in [-0.2, 0) is 9.53 Å². The molecule has 0 aliphatic heterocycles. The van der Waals surface area contributed by atoms with E-state index in [1.54, 1.807) is 20.8 Å². The number of rotatable bonds is 3. The molecule has 1 saturated carbocycles. The molecule has 90 valence electrons. The second-order valence-corrected chi connectivity index (χ2v) is 4.95. The van der Waals surface area contributed by atoms with Gasteiger partial charge in [-0.05, 0) is 27.2 Å². The molecule has 5 nitrogen and oxygen atoms in total. The Labute approximate surface area is 94.5 Å². The Morgan fingerprint density at radius 2 is 2.12 bits per heavy atom. The minimum atomic E-state index is -1.22. The van der Waals surface area contributed by atoms with Crippen molar-refractivity contribution in [3.63, 3.8) is 0 Å². The van der Waals surface area contributed by atoms with E-state index < -0.39 is 23.2 Å². The highest BCUT2D eigenvalue weighted by Gasteiger charge is 2.60. The van der Waals surface area contributed by atoms with Crippen molar-refractivity contribution in [1.82, 2.24) is 5.32 Å². The molecule has 1 amide bonds. The highest BCUT2D eigenvalue weighted by molar-refractivity contribution is 5.88. The summed E-state index contributed by atoms with van der Waals surface area (Å²) in [6.07, 6.45) is 1.19. The van der Waals surface area contributed by atoms with Gasteiger partial charge in [0.2, 0.25) is 0 Å². The topological polar surface area (TPSA) is 75.6 Å². The Kier molecular flexibility index (Phi) is 2.99. The van der Waals surface area contributed by atoms with Gasteiger partial charge in [0, 0.05) is 5.92 Å². The summed E-state index contributed by atoms with van der Waals surface area (Å²) in [6.45, 7) is 8.69. The third-order valence-corrected chi connectivity index (χ3v) is 2.40. The maximum Gasteiger partial charge on any atom is 0.408 e. The fourth-order valence-electron chi connectivity index (χ4n) is 1.50.